The van der Waals surface area contributed by atoms with E-state index in [4.69, 9.17) is 21.7 Å². The number of aromatic carboxylic acids is 1. The third-order valence-corrected chi connectivity index (χ3v) is 7.41. The van der Waals surface area contributed by atoms with Crippen LogP contribution in [0.25, 0.3) is 6.08 Å². The van der Waals surface area contributed by atoms with Gasteiger partial charge in [-0.05, 0) is 75.1 Å². The number of thiocarbonyl (C=S) groups is 1. The van der Waals surface area contributed by atoms with Gasteiger partial charge in [0.05, 0.1) is 28.9 Å². The smallest absolute Gasteiger partial charge is 0.336 e. The van der Waals surface area contributed by atoms with Gasteiger partial charge in [0.2, 0.25) is 0 Å². The second-order valence-corrected chi connectivity index (χ2v) is 10.8. The number of benzene rings is 2. The lowest BCUT2D eigenvalue weighted by molar-refractivity contribution is -0.113. The molecule has 1 N–H and O–H groups in total. The number of carbonyl (C=O) groups excluding carboxylic acids is 1. The maximum absolute atomic E-state index is 13.2. The summed E-state index contributed by atoms with van der Waals surface area (Å²) in [5.41, 5.74) is 1.99. The molecule has 2 aromatic carbocycles. The van der Waals surface area contributed by atoms with E-state index in [1.54, 1.807) is 25.1 Å². The summed E-state index contributed by atoms with van der Waals surface area (Å²) in [7, 11) is 0. The number of carboxylic acids is 1. The molecular formula is C29H35NO5S2. The first kappa shape index (κ1) is 28.7. The number of hydrogen-bond acceptors (Lipinski definition) is 6. The van der Waals surface area contributed by atoms with Gasteiger partial charge in [0.1, 0.15) is 0 Å². The van der Waals surface area contributed by atoms with Crippen molar-refractivity contribution >= 4 is 51.9 Å². The Hall–Kier alpha value is -2.84. The Kier molecular flexibility index (Phi) is 10.6. The van der Waals surface area contributed by atoms with Crippen LogP contribution in [0.4, 0.5) is 5.69 Å². The first-order valence-corrected chi connectivity index (χ1v) is 14.0. The van der Waals surface area contributed by atoms with Crippen LogP contribution in [0.15, 0.2) is 41.3 Å². The molecule has 1 amide bonds. The lowest BCUT2D eigenvalue weighted by Gasteiger charge is -2.18. The largest absolute Gasteiger partial charge is 0.490 e. The molecule has 0 bridgehead atoms. The van der Waals surface area contributed by atoms with Crippen LogP contribution in [0.5, 0.6) is 11.5 Å². The quantitative estimate of drug-likeness (QED) is 0.159. The fourth-order valence-corrected chi connectivity index (χ4v) is 5.41. The fraction of sp³-hybridized carbons (Fsp3) is 0.414. The minimum Gasteiger partial charge on any atom is -0.490 e. The van der Waals surface area contributed by atoms with Crippen LogP contribution in [0, 0.1) is 6.92 Å². The Morgan fingerprint density at radius 3 is 2.57 bits per heavy atom. The molecule has 0 aliphatic carbocycles. The Balaban J connectivity index is 1.76. The van der Waals surface area contributed by atoms with Gasteiger partial charge in [-0.2, -0.15) is 0 Å². The number of amides is 1. The molecule has 1 atom stereocenters. The van der Waals surface area contributed by atoms with Crippen LogP contribution >= 0.6 is 24.0 Å². The molecule has 1 saturated heterocycles. The molecule has 1 aliphatic rings. The van der Waals surface area contributed by atoms with Crippen molar-refractivity contribution in [1.29, 1.82) is 0 Å². The predicted octanol–water partition coefficient (Wildman–Crippen LogP) is 7.63. The Morgan fingerprint density at radius 2 is 1.86 bits per heavy atom. The number of carbonyl (C=O) groups is 2. The summed E-state index contributed by atoms with van der Waals surface area (Å²) in [4.78, 5) is 26.6. The van der Waals surface area contributed by atoms with Gasteiger partial charge in [0, 0.05) is 0 Å². The van der Waals surface area contributed by atoms with Crippen LogP contribution in [0.2, 0.25) is 0 Å². The van der Waals surface area contributed by atoms with E-state index in [1.165, 1.54) is 48.4 Å². The van der Waals surface area contributed by atoms with E-state index in [9.17, 15) is 14.7 Å². The van der Waals surface area contributed by atoms with E-state index in [-0.39, 0.29) is 17.6 Å². The number of hydrogen-bond donors (Lipinski definition) is 1. The van der Waals surface area contributed by atoms with Gasteiger partial charge < -0.3 is 14.6 Å². The number of ether oxygens (including phenoxy) is 2. The zero-order valence-corrected chi connectivity index (χ0v) is 23.5. The highest BCUT2D eigenvalue weighted by Crippen LogP contribution is 2.38. The molecule has 1 unspecified atom stereocenters. The normalized spacial score (nSPS) is 15.4. The third kappa shape index (κ3) is 7.58. The molecule has 1 fully saturated rings. The highest BCUT2D eigenvalue weighted by molar-refractivity contribution is 8.27. The number of nitrogens with zero attached hydrogens (tertiary/aromatic N) is 1. The molecule has 0 aromatic heterocycles. The Labute approximate surface area is 229 Å². The van der Waals surface area contributed by atoms with Crippen LogP contribution in [-0.2, 0) is 4.79 Å². The van der Waals surface area contributed by atoms with Gasteiger partial charge >= 0.3 is 5.97 Å². The highest BCUT2D eigenvalue weighted by atomic mass is 32.2. The minimum absolute atomic E-state index is 0.0770. The standard InChI is InChI=1S/C29H35NO5S2/c1-5-7-8-9-10-11-20(4)35-24-15-13-21(16-25(24)34-6-2)17-26-27(31)30(29(36)37-26)22-14-12-19(3)23(18-22)28(32)33/h12-18,20H,5-11H2,1-4H3,(H,32,33)/b26-17+. The van der Waals surface area contributed by atoms with Crippen molar-refractivity contribution in [2.75, 3.05) is 11.5 Å². The summed E-state index contributed by atoms with van der Waals surface area (Å²) < 4.78 is 12.4. The SMILES string of the molecule is CCCCCCCC(C)Oc1ccc(/C=C2/SC(=S)N(c3ccc(C)c(C(=O)O)c3)C2=O)cc1OCC. The monoisotopic (exact) mass is 541 g/mol. The molecule has 2 aromatic rings. The van der Waals surface area contributed by atoms with Crippen LogP contribution < -0.4 is 14.4 Å². The molecule has 0 spiro atoms. The summed E-state index contributed by atoms with van der Waals surface area (Å²) in [5.74, 6) is -0.00950. The summed E-state index contributed by atoms with van der Waals surface area (Å²) in [6.07, 6.45) is 8.97. The zero-order valence-electron chi connectivity index (χ0n) is 21.9. The van der Waals surface area contributed by atoms with E-state index >= 15 is 0 Å². The number of carboxylic acid groups (broad SMARTS) is 1. The minimum atomic E-state index is -1.04. The molecule has 0 saturated carbocycles. The van der Waals surface area contributed by atoms with Crippen molar-refractivity contribution in [2.24, 2.45) is 0 Å². The zero-order chi connectivity index (χ0) is 26.9. The summed E-state index contributed by atoms with van der Waals surface area (Å²) >= 11 is 6.65. The second kappa shape index (κ2) is 13.6. The topological polar surface area (TPSA) is 76.1 Å². The fourth-order valence-electron chi connectivity index (χ4n) is 4.11. The molecule has 6 nitrogen and oxygen atoms in total. The molecule has 8 heteroatoms. The number of unbranched alkanes of at least 4 members (excludes halogenated alkanes) is 4. The van der Waals surface area contributed by atoms with Gasteiger partial charge in [-0.15, -0.1) is 0 Å². The molecular weight excluding hydrogens is 506 g/mol. The van der Waals surface area contributed by atoms with E-state index < -0.39 is 5.97 Å². The number of rotatable bonds is 13. The summed E-state index contributed by atoms with van der Waals surface area (Å²) in [6.45, 7) is 8.43. The van der Waals surface area contributed by atoms with Crippen molar-refractivity contribution in [1.82, 2.24) is 0 Å². The molecule has 3 rings (SSSR count). The molecule has 0 radical (unpaired) electrons. The first-order chi connectivity index (χ1) is 17.7. The average molecular weight is 542 g/mol. The van der Waals surface area contributed by atoms with Gasteiger partial charge in [0.25, 0.3) is 5.91 Å². The van der Waals surface area contributed by atoms with Gasteiger partial charge in [-0.1, -0.05) is 68.7 Å². The van der Waals surface area contributed by atoms with Crippen LogP contribution in [-0.4, -0.2) is 34.0 Å². The van der Waals surface area contributed by atoms with Crippen molar-refractivity contribution in [2.45, 2.75) is 72.3 Å². The van der Waals surface area contributed by atoms with Gasteiger partial charge in [-0.3, -0.25) is 9.69 Å². The lowest BCUT2D eigenvalue weighted by Crippen LogP contribution is -2.27. The van der Waals surface area contributed by atoms with E-state index in [1.807, 2.05) is 25.1 Å². The number of thioether (sulfide) groups is 1. The van der Waals surface area contributed by atoms with Gasteiger partial charge in [0.15, 0.2) is 15.8 Å². The molecule has 198 valence electrons. The third-order valence-electron chi connectivity index (χ3n) is 6.11. The van der Waals surface area contributed by atoms with Crippen LogP contribution in [0.1, 0.15) is 80.8 Å². The maximum atomic E-state index is 13.2. The molecule has 1 aliphatic heterocycles. The van der Waals surface area contributed by atoms with E-state index in [0.29, 0.717) is 38.6 Å². The second-order valence-electron chi connectivity index (χ2n) is 9.09. The van der Waals surface area contributed by atoms with E-state index in [2.05, 4.69) is 13.8 Å². The Morgan fingerprint density at radius 1 is 1.11 bits per heavy atom. The maximum Gasteiger partial charge on any atom is 0.336 e. The van der Waals surface area contributed by atoms with Crippen molar-refractivity contribution in [3.63, 3.8) is 0 Å². The van der Waals surface area contributed by atoms with Crippen LogP contribution in [0.3, 0.4) is 0 Å². The average Bonchev–Trinajstić information content (AvgIpc) is 3.13. The molecule has 1 heterocycles. The summed E-state index contributed by atoms with van der Waals surface area (Å²) in [6, 6.07) is 10.5. The van der Waals surface area contributed by atoms with Crippen molar-refractivity contribution in [3.05, 3.63) is 58.0 Å². The van der Waals surface area contributed by atoms with E-state index in [0.717, 1.165) is 18.4 Å². The highest BCUT2D eigenvalue weighted by Gasteiger charge is 2.34. The van der Waals surface area contributed by atoms with Crippen molar-refractivity contribution in [3.8, 4) is 11.5 Å². The predicted molar refractivity (Wildman–Crippen MR) is 155 cm³/mol. The van der Waals surface area contributed by atoms with Gasteiger partial charge in [-0.25, -0.2) is 4.79 Å². The number of aryl methyl sites for hydroxylation is 1. The lowest BCUT2D eigenvalue weighted by atomic mass is 10.1. The Bertz CT molecular complexity index is 1180. The molecule has 37 heavy (non-hydrogen) atoms. The number of anilines is 1. The summed E-state index contributed by atoms with van der Waals surface area (Å²) in [5, 5.41) is 9.46. The first-order valence-electron chi connectivity index (χ1n) is 12.8. The van der Waals surface area contributed by atoms with Crippen molar-refractivity contribution < 1.29 is 24.2 Å².